The Bertz CT molecular complexity index is 407. The standard InChI is InChI=1S/C15H23NO2/c1-5-16-13-10-15(3,11(2)17-4)18-14-9-7-6-8-12(13)14/h6-9,11,13,16H,5,10H2,1-4H3. The molecule has 2 rings (SSSR count). The summed E-state index contributed by atoms with van der Waals surface area (Å²) in [6.45, 7) is 7.28. The molecule has 3 unspecified atom stereocenters. The number of nitrogens with one attached hydrogen (secondary N) is 1. The van der Waals surface area contributed by atoms with Crippen LogP contribution in [0.1, 0.15) is 38.8 Å². The normalized spacial score (nSPS) is 28.3. The van der Waals surface area contributed by atoms with Gasteiger partial charge in [-0.3, -0.25) is 0 Å². The molecule has 0 fully saturated rings. The predicted octanol–water partition coefficient (Wildman–Crippen LogP) is 2.91. The molecule has 0 saturated carbocycles. The molecular formula is C15H23NO2. The number of rotatable bonds is 4. The van der Waals surface area contributed by atoms with Gasteiger partial charge in [-0.05, 0) is 26.5 Å². The first-order valence-electron chi connectivity index (χ1n) is 6.65. The van der Waals surface area contributed by atoms with Crippen LogP contribution in [-0.4, -0.2) is 25.4 Å². The third-order valence-corrected chi connectivity index (χ3v) is 3.91. The molecule has 0 radical (unpaired) electrons. The Morgan fingerprint density at radius 3 is 2.89 bits per heavy atom. The lowest BCUT2D eigenvalue weighted by Crippen LogP contribution is -2.49. The van der Waals surface area contributed by atoms with E-state index in [1.807, 2.05) is 12.1 Å². The number of fused-ring (bicyclic) bond motifs is 1. The first kappa shape index (κ1) is 13.4. The van der Waals surface area contributed by atoms with Gasteiger partial charge in [-0.1, -0.05) is 25.1 Å². The lowest BCUT2D eigenvalue weighted by atomic mass is 9.85. The lowest BCUT2D eigenvalue weighted by molar-refractivity contribution is -0.0730. The van der Waals surface area contributed by atoms with E-state index in [0.29, 0.717) is 6.04 Å². The summed E-state index contributed by atoms with van der Waals surface area (Å²) >= 11 is 0. The number of methoxy groups -OCH3 is 1. The summed E-state index contributed by atoms with van der Waals surface area (Å²) in [6, 6.07) is 8.60. The summed E-state index contributed by atoms with van der Waals surface area (Å²) in [4.78, 5) is 0. The van der Waals surface area contributed by atoms with Crippen LogP contribution in [0.25, 0.3) is 0 Å². The third kappa shape index (κ3) is 2.38. The van der Waals surface area contributed by atoms with Crippen molar-refractivity contribution in [1.82, 2.24) is 5.32 Å². The van der Waals surface area contributed by atoms with Crippen LogP contribution < -0.4 is 10.1 Å². The molecule has 3 heteroatoms. The van der Waals surface area contributed by atoms with Crippen LogP contribution in [0, 0.1) is 0 Å². The molecule has 1 N–H and O–H groups in total. The zero-order valence-electron chi connectivity index (χ0n) is 11.7. The fraction of sp³-hybridized carbons (Fsp3) is 0.600. The monoisotopic (exact) mass is 249 g/mol. The van der Waals surface area contributed by atoms with Crippen LogP contribution in [0.15, 0.2) is 24.3 Å². The van der Waals surface area contributed by atoms with E-state index in [1.54, 1.807) is 7.11 Å². The molecule has 1 aromatic rings. The van der Waals surface area contributed by atoms with Gasteiger partial charge in [0.25, 0.3) is 0 Å². The number of hydrogen-bond donors (Lipinski definition) is 1. The minimum absolute atomic E-state index is 0.0620. The number of ether oxygens (including phenoxy) is 2. The summed E-state index contributed by atoms with van der Waals surface area (Å²) in [5.74, 6) is 0.973. The van der Waals surface area contributed by atoms with Crippen molar-refractivity contribution < 1.29 is 9.47 Å². The molecular weight excluding hydrogens is 226 g/mol. The number of hydrogen-bond acceptors (Lipinski definition) is 3. The minimum atomic E-state index is -0.282. The highest BCUT2D eigenvalue weighted by atomic mass is 16.5. The molecule has 0 aromatic heterocycles. The van der Waals surface area contributed by atoms with Crippen molar-refractivity contribution in [2.75, 3.05) is 13.7 Å². The van der Waals surface area contributed by atoms with Gasteiger partial charge in [0, 0.05) is 25.1 Å². The van der Waals surface area contributed by atoms with E-state index >= 15 is 0 Å². The Labute approximate surface area is 109 Å². The summed E-state index contributed by atoms with van der Waals surface area (Å²) in [7, 11) is 1.74. The van der Waals surface area contributed by atoms with Crippen LogP contribution in [0.4, 0.5) is 0 Å². The number of benzene rings is 1. The summed E-state index contributed by atoms with van der Waals surface area (Å²) in [5.41, 5.74) is 0.968. The summed E-state index contributed by atoms with van der Waals surface area (Å²) in [6.07, 6.45) is 0.986. The van der Waals surface area contributed by atoms with Crippen molar-refractivity contribution in [2.24, 2.45) is 0 Å². The molecule has 3 nitrogen and oxygen atoms in total. The van der Waals surface area contributed by atoms with Gasteiger partial charge in [0.15, 0.2) is 0 Å². The molecule has 0 amide bonds. The molecule has 1 aliphatic rings. The van der Waals surface area contributed by atoms with Gasteiger partial charge >= 0.3 is 0 Å². The fourth-order valence-electron chi connectivity index (χ4n) is 2.60. The highest BCUT2D eigenvalue weighted by Gasteiger charge is 2.41. The van der Waals surface area contributed by atoms with Crippen molar-refractivity contribution >= 4 is 0 Å². The van der Waals surface area contributed by atoms with Crippen molar-refractivity contribution in [2.45, 2.75) is 44.9 Å². The second-order valence-electron chi connectivity index (χ2n) is 5.14. The van der Waals surface area contributed by atoms with Crippen molar-refractivity contribution in [3.63, 3.8) is 0 Å². The zero-order valence-corrected chi connectivity index (χ0v) is 11.7. The maximum atomic E-state index is 6.18. The Hall–Kier alpha value is -1.06. The maximum Gasteiger partial charge on any atom is 0.134 e. The summed E-state index contributed by atoms with van der Waals surface area (Å²) in [5, 5.41) is 3.54. The Morgan fingerprint density at radius 2 is 2.22 bits per heavy atom. The van der Waals surface area contributed by atoms with Crippen LogP contribution in [-0.2, 0) is 4.74 Å². The largest absolute Gasteiger partial charge is 0.484 e. The quantitative estimate of drug-likeness (QED) is 0.890. The average Bonchev–Trinajstić information content (AvgIpc) is 2.38. The van der Waals surface area contributed by atoms with Crippen molar-refractivity contribution in [1.29, 1.82) is 0 Å². The van der Waals surface area contributed by atoms with Gasteiger partial charge < -0.3 is 14.8 Å². The van der Waals surface area contributed by atoms with E-state index in [1.165, 1.54) is 5.56 Å². The topological polar surface area (TPSA) is 30.5 Å². The first-order valence-corrected chi connectivity index (χ1v) is 6.65. The van der Waals surface area contributed by atoms with E-state index in [2.05, 4.69) is 38.2 Å². The predicted molar refractivity (Wildman–Crippen MR) is 73.0 cm³/mol. The average molecular weight is 249 g/mol. The molecule has 0 spiro atoms. The van der Waals surface area contributed by atoms with Crippen LogP contribution in [0.5, 0.6) is 5.75 Å². The van der Waals surface area contributed by atoms with Gasteiger partial charge in [-0.25, -0.2) is 0 Å². The Morgan fingerprint density at radius 1 is 1.50 bits per heavy atom. The smallest absolute Gasteiger partial charge is 0.134 e. The van der Waals surface area contributed by atoms with E-state index in [-0.39, 0.29) is 11.7 Å². The fourth-order valence-corrected chi connectivity index (χ4v) is 2.60. The lowest BCUT2D eigenvalue weighted by Gasteiger charge is -2.43. The second kappa shape index (κ2) is 5.29. The van der Waals surface area contributed by atoms with Crippen LogP contribution in [0.3, 0.4) is 0 Å². The first-order chi connectivity index (χ1) is 8.60. The highest BCUT2D eigenvalue weighted by molar-refractivity contribution is 5.39. The van der Waals surface area contributed by atoms with Crippen LogP contribution >= 0.6 is 0 Å². The molecule has 0 aliphatic carbocycles. The van der Waals surface area contributed by atoms with Crippen molar-refractivity contribution in [3.05, 3.63) is 29.8 Å². The van der Waals surface area contributed by atoms with Gasteiger partial charge in [-0.2, -0.15) is 0 Å². The van der Waals surface area contributed by atoms with Crippen LogP contribution in [0.2, 0.25) is 0 Å². The van der Waals surface area contributed by atoms with Gasteiger partial charge in [-0.15, -0.1) is 0 Å². The molecule has 1 aliphatic heterocycles. The van der Waals surface area contributed by atoms with Gasteiger partial charge in [0.05, 0.1) is 6.10 Å². The van der Waals surface area contributed by atoms with E-state index in [9.17, 15) is 0 Å². The minimum Gasteiger partial charge on any atom is -0.484 e. The molecule has 1 heterocycles. The van der Waals surface area contributed by atoms with E-state index in [0.717, 1.165) is 18.7 Å². The Balaban J connectivity index is 2.33. The molecule has 0 bridgehead atoms. The third-order valence-electron chi connectivity index (χ3n) is 3.91. The molecule has 0 saturated heterocycles. The zero-order chi connectivity index (χ0) is 13.2. The van der Waals surface area contributed by atoms with E-state index in [4.69, 9.17) is 9.47 Å². The van der Waals surface area contributed by atoms with E-state index < -0.39 is 0 Å². The second-order valence-corrected chi connectivity index (χ2v) is 5.14. The SMILES string of the molecule is CCNC1CC(C)(C(C)OC)Oc2ccccc21. The van der Waals surface area contributed by atoms with Gasteiger partial charge in [0.1, 0.15) is 11.4 Å². The Kier molecular flexibility index (Phi) is 3.93. The summed E-state index contributed by atoms with van der Waals surface area (Å²) < 4.78 is 11.7. The maximum absolute atomic E-state index is 6.18. The number of para-hydroxylation sites is 1. The molecule has 3 atom stereocenters. The highest BCUT2D eigenvalue weighted by Crippen LogP contribution is 2.41. The van der Waals surface area contributed by atoms with Crippen molar-refractivity contribution in [3.8, 4) is 5.75 Å². The van der Waals surface area contributed by atoms with Gasteiger partial charge in [0.2, 0.25) is 0 Å². The molecule has 18 heavy (non-hydrogen) atoms. The molecule has 1 aromatic carbocycles. The molecule has 100 valence electrons.